The molecule has 1 aromatic heterocycles. The van der Waals surface area contributed by atoms with Gasteiger partial charge in [-0.05, 0) is 26.0 Å². The third kappa shape index (κ3) is 6.78. The Hall–Kier alpha value is -1.12. The lowest BCUT2D eigenvalue weighted by atomic mass is 10.2. The molecule has 0 radical (unpaired) electrons. The van der Waals surface area contributed by atoms with Gasteiger partial charge in [-0.25, -0.2) is 12.7 Å². The highest BCUT2D eigenvalue weighted by Crippen LogP contribution is 2.16. The summed E-state index contributed by atoms with van der Waals surface area (Å²) in [6.07, 6.45) is 0.914. The van der Waals surface area contributed by atoms with Crippen molar-refractivity contribution in [1.29, 1.82) is 0 Å². The van der Waals surface area contributed by atoms with Crippen molar-refractivity contribution in [3.63, 3.8) is 0 Å². The zero-order valence-corrected chi connectivity index (χ0v) is 16.9. The van der Waals surface area contributed by atoms with Gasteiger partial charge >= 0.3 is 0 Å². The fraction of sp³-hybridized carbons (Fsp3) is 0.688. The van der Waals surface area contributed by atoms with Crippen LogP contribution in [-0.4, -0.2) is 57.2 Å². The number of sulfonamides is 1. The van der Waals surface area contributed by atoms with Crippen LogP contribution in [0, 0.1) is 6.92 Å². The molecular formula is C16H30N4O2S2. The fourth-order valence-corrected chi connectivity index (χ4v) is 4.84. The van der Waals surface area contributed by atoms with Crippen LogP contribution in [0.3, 0.4) is 0 Å². The molecule has 1 rings (SSSR count). The first-order valence-electron chi connectivity index (χ1n) is 8.32. The van der Waals surface area contributed by atoms with E-state index < -0.39 is 10.0 Å². The summed E-state index contributed by atoms with van der Waals surface area (Å²) in [5.74, 6) is 0.693. The second kappa shape index (κ2) is 10.0. The minimum Gasteiger partial charge on any atom is -0.355 e. The Morgan fingerprint density at radius 3 is 2.50 bits per heavy atom. The zero-order chi connectivity index (χ0) is 18.2. The quantitative estimate of drug-likeness (QED) is 0.511. The van der Waals surface area contributed by atoms with E-state index in [0.717, 1.165) is 6.42 Å². The molecule has 0 aromatic carbocycles. The third-order valence-electron chi connectivity index (χ3n) is 3.66. The molecule has 1 heterocycles. The predicted octanol–water partition coefficient (Wildman–Crippen LogP) is 1.82. The van der Waals surface area contributed by atoms with E-state index in [1.165, 1.54) is 14.1 Å². The maximum atomic E-state index is 12.2. The SMILES string of the molecule is CCN(CC)S(=O)(=O)CCNC(=NC)NC(C)Cc1ccc(C)s1. The van der Waals surface area contributed by atoms with Gasteiger partial charge in [0, 0.05) is 48.9 Å². The Kier molecular flexibility index (Phi) is 8.72. The van der Waals surface area contributed by atoms with Crippen molar-refractivity contribution < 1.29 is 8.42 Å². The molecule has 2 N–H and O–H groups in total. The van der Waals surface area contributed by atoms with Crippen LogP contribution in [0.2, 0.25) is 0 Å². The molecule has 1 unspecified atom stereocenters. The first kappa shape index (κ1) is 20.9. The molecule has 138 valence electrons. The third-order valence-corrected chi connectivity index (χ3v) is 6.71. The van der Waals surface area contributed by atoms with Crippen LogP contribution in [0.1, 0.15) is 30.5 Å². The van der Waals surface area contributed by atoms with Gasteiger partial charge in [-0.3, -0.25) is 4.99 Å². The van der Waals surface area contributed by atoms with Gasteiger partial charge in [-0.2, -0.15) is 0 Å². The largest absolute Gasteiger partial charge is 0.355 e. The maximum absolute atomic E-state index is 12.2. The van der Waals surface area contributed by atoms with Gasteiger partial charge in [-0.15, -0.1) is 11.3 Å². The molecule has 6 nitrogen and oxygen atoms in total. The van der Waals surface area contributed by atoms with Gasteiger partial charge in [0.05, 0.1) is 5.75 Å². The molecular weight excluding hydrogens is 344 g/mol. The molecule has 0 bridgehead atoms. The number of hydrogen-bond acceptors (Lipinski definition) is 4. The molecule has 1 aromatic rings. The number of hydrogen-bond donors (Lipinski definition) is 2. The molecule has 0 aliphatic rings. The topological polar surface area (TPSA) is 73.8 Å². The van der Waals surface area contributed by atoms with E-state index in [1.807, 2.05) is 13.8 Å². The number of nitrogens with zero attached hydrogens (tertiary/aromatic N) is 2. The summed E-state index contributed by atoms with van der Waals surface area (Å²) in [5.41, 5.74) is 0. The number of thiophene rings is 1. The number of aryl methyl sites for hydroxylation is 1. The van der Waals surface area contributed by atoms with Crippen LogP contribution < -0.4 is 10.6 Å². The molecule has 8 heteroatoms. The second-order valence-corrected chi connectivity index (χ2v) is 9.12. The van der Waals surface area contributed by atoms with E-state index in [2.05, 4.69) is 41.6 Å². The monoisotopic (exact) mass is 374 g/mol. The van der Waals surface area contributed by atoms with Crippen LogP contribution in [0.5, 0.6) is 0 Å². The van der Waals surface area contributed by atoms with Crippen LogP contribution in [0.4, 0.5) is 0 Å². The van der Waals surface area contributed by atoms with Crippen LogP contribution in [-0.2, 0) is 16.4 Å². The lowest BCUT2D eigenvalue weighted by molar-refractivity contribution is 0.445. The molecule has 0 aliphatic heterocycles. The highest BCUT2D eigenvalue weighted by atomic mass is 32.2. The van der Waals surface area contributed by atoms with Crippen molar-refractivity contribution in [3.8, 4) is 0 Å². The molecule has 0 aliphatic carbocycles. The van der Waals surface area contributed by atoms with Crippen molar-refractivity contribution in [3.05, 3.63) is 21.9 Å². The minimum atomic E-state index is -3.21. The van der Waals surface area contributed by atoms with Crippen molar-refractivity contribution >= 4 is 27.3 Å². The van der Waals surface area contributed by atoms with Crippen molar-refractivity contribution in [2.45, 2.75) is 40.2 Å². The number of nitrogens with one attached hydrogen (secondary N) is 2. The lowest BCUT2D eigenvalue weighted by Gasteiger charge is -2.20. The van der Waals surface area contributed by atoms with Gasteiger partial charge in [-0.1, -0.05) is 13.8 Å². The van der Waals surface area contributed by atoms with E-state index in [9.17, 15) is 8.42 Å². The first-order chi connectivity index (χ1) is 11.3. The highest BCUT2D eigenvalue weighted by Gasteiger charge is 2.18. The smallest absolute Gasteiger partial charge is 0.215 e. The van der Waals surface area contributed by atoms with Gasteiger partial charge in [0.2, 0.25) is 10.0 Å². The van der Waals surface area contributed by atoms with Crippen molar-refractivity contribution in [1.82, 2.24) is 14.9 Å². The highest BCUT2D eigenvalue weighted by molar-refractivity contribution is 7.89. The molecule has 0 fully saturated rings. The van der Waals surface area contributed by atoms with Crippen molar-refractivity contribution in [2.75, 3.05) is 32.4 Å². The molecule has 24 heavy (non-hydrogen) atoms. The van der Waals surface area contributed by atoms with Gasteiger partial charge in [0.25, 0.3) is 0 Å². The summed E-state index contributed by atoms with van der Waals surface area (Å²) in [6.45, 7) is 9.24. The summed E-state index contributed by atoms with van der Waals surface area (Å²) < 4.78 is 25.8. The van der Waals surface area contributed by atoms with Gasteiger partial charge in [0.15, 0.2) is 5.96 Å². The molecule has 0 spiro atoms. The average molecular weight is 375 g/mol. The normalized spacial score (nSPS) is 14.0. The Morgan fingerprint density at radius 1 is 1.33 bits per heavy atom. The number of guanidine groups is 1. The summed E-state index contributed by atoms with van der Waals surface area (Å²) in [6, 6.07) is 4.48. The maximum Gasteiger partial charge on any atom is 0.215 e. The summed E-state index contributed by atoms with van der Waals surface area (Å²) in [7, 11) is -1.52. The fourth-order valence-electron chi connectivity index (χ4n) is 2.42. The average Bonchev–Trinajstić information content (AvgIpc) is 2.91. The Labute approximate surface area is 150 Å². The summed E-state index contributed by atoms with van der Waals surface area (Å²) >= 11 is 1.80. The first-order valence-corrected chi connectivity index (χ1v) is 10.7. The summed E-state index contributed by atoms with van der Waals surface area (Å²) in [4.78, 5) is 6.80. The minimum absolute atomic E-state index is 0.0634. The van der Waals surface area contributed by atoms with Crippen LogP contribution in [0.25, 0.3) is 0 Å². The molecule has 0 amide bonds. The van der Waals surface area contributed by atoms with E-state index in [-0.39, 0.29) is 11.8 Å². The van der Waals surface area contributed by atoms with E-state index in [1.54, 1.807) is 18.4 Å². The predicted molar refractivity (Wildman–Crippen MR) is 103 cm³/mol. The standard InChI is InChI=1S/C16H30N4O2S2/c1-6-20(7-2)24(21,22)11-10-18-16(17-5)19-13(3)12-15-9-8-14(4)23-15/h8-9,13H,6-7,10-12H2,1-5H3,(H2,17,18,19). The Morgan fingerprint density at radius 2 is 2.00 bits per heavy atom. The Bertz CT molecular complexity index is 622. The van der Waals surface area contributed by atoms with Gasteiger partial charge < -0.3 is 10.6 Å². The van der Waals surface area contributed by atoms with Gasteiger partial charge in [0.1, 0.15) is 0 Å². The van der Waals surface area contributed by atoms with Crippen LogP contribution in [0.15, 0.2) is 17.1 Å². The van der Waals surface area contributed by atoms with E-state index in [0.29, 0.717) is 25.6 Å². The number of aliphatic imine (C=N–C) groups is 1. The van der Waals surface area contributed by atoms with E-state index in [4.69, 9.17) is 0 Å². The van der Waals surface area contributed by atoms with E-state index >= 15 is 0 Å². The van der Waals surface area contributed by atoms with Crippen molar-refractivity contribution in [2.24, 2.45) is 4.99 Å². The summed E-state index contributed by atoms with van der Waals surface area (Å²) in [5, 5.41) is 6.39. The van der Waals surface area contributed by atoms with Crippen LogP contribution >= 0.6 is 11.3 Å². The zero-order valence-electron chi connectivity index (χ0n) is 15.3. The molecule has 1 atom stereocenters. The molecule has 0 saturated heterocycles. The second-order valence-electron chi connectivity index (χ2n) is 5.66. The molecule has 0 saturated carbocycles. The number of rotatable bonds is 9. The Balaban J connectivity index is 2.45. The lowest BCUT2D eigenvalue weighted by Crippen LogP contribution is -2.45.